The van der Waals surface area contributed by atoms with Crippen molar-refractivity contribution in [1.82, 2.24) is 10.9 Å². The number of nitrogens with one attached hydrogen (secondary N) is 2. The first-order valence-electron chi connectivity index (χ1n) is 6.16. The first kappa shape index (κ1) is 16.8. The van der Waals surface area contributed by atoms with Gasteiger partial charge in [0.15, 0.2) is 6.61 Å². The number of benzene rings is 1. The molecule has 0 aromatic heterocycles. The number of carbonyl (C=O) groups excluding carboxylic acids is 2. The zero-order valence-electron chi connectivity index (χ0n) is 11.1. The lowest BCUT2D eigenvalue weighted by Gasteiger charge is -2.09. The molecular weight excluding hydrogens is 300 g/mol. The predicted molar refractivity (Wildman–Crippen MR) is 74.7 cm³/mol. The maximum Gasteiger partial charge on any atom is 0.303 e. The molecule has 21 heavy (non-hydrogen) atoms. The zero-order valence-corrected chi connectivity index (χ0v) is 11.9. The van der Waals surface area contributed by atoms with Crippen LogP contribution in [0.3, 0.4) is 0 Å². The zero-order chi connectivity index (χ0) is 15.7. The number of rotatable bonds is 7. The van der Waals surface area contributed by atoms with Gasteiger partial charge < -0.3 is 9.84 Å². The topological polar surface area (TPSA) is 105 Å². The summed E-state index contributed by atoms with van der Waals surface area (Å²) in [7, 11) is 0. The molecule has 0 fully saturated rings. The molecule has 0 unspecified atom stereocenters. The molecule has 0 heterocycles. The Hall–Kier alpha value is -2.28. The number of hydrazine groups is 1. The van der Waals surface area contributed by atoms with E-state index in [1.165, 1.54) is 0 Å². The maximum absolute atomic E-state index is 11.4. The lowest BCUT2D eigenvalue weighted by molar-refractivity contribution is -0.137. The molecule has 114 valence electrons. The van der Waals surface area contributed by atoms with Gasteiger partial charge >= 0.3 is 5.97 Å². The fraction of sp³-hybridized carbons (Fsp3) is 0.308. The van der Waals surface area contributed by atoms with Crippen molar-refractivity contribution in [3.05, 3.63) is 29.3 Å². The Labute approximate surface area is 126 Å². The molecular formula is C13H15ClN2O5. The second-order valence-corrected chi connectivity index (χ2v) is 4.47. The van der Waals surface area contributed by atoms with Crippen LogP contribution in [0.2, 0.25) is 5.02 Å². The van der Waals surface area contributed by atoms with Gasteiger partial charge in [-0.05, 0) is 18.6 Å². The summed E-state index contributed by atoms with van der Waals surface area (Å²) in [5, 5.41) is 8.79. The van der Waals surface area contributed by atoms with Crippen LogP contribution in [0.4, 0.5) is 0 Å². The number of carboxylic acid groups (broad SMARTS) is 1. The molecule has 8 heteroatoms. The second-order valence-electron chi connectivity index (χ2n) is 4.06. The summed E-state index contributed by atoms with van der Waals surface area (Å²) in [4.78, 5) is 33.0. The number of carbonyl (C=O) groups is 3. The van der Waals surface area contributed by atoms with E-state index < -0.39 is 17.8 Å². The highest BCUT2D eigenvalue weighted by molar-refractivity contribution is 6.32. The number of hydrogen-bond acceptors (Lipinski definition) is 4. The van der Waals surface area contributed by atoms with Gasteiger partial charge in [0.25, 0.3) is 5.91 Å². The highest BCUT2D eigenvalue weighted by Crippen LogP contribution is 2.22. The highest BCUT2D eigenvalue weighted by atomic mass is 35.5. The highest BCUT2D eigenvalue weighted by Gasteiger charge is 2.07. The SMILES string of the molecule is O=C(O)CCCC(=O)NNC(=O)COc1ccccc1Cl. The lowest BCUT2D eigenvalue weighted by Crippen LogP contribution is -2.43. The van der Waals surface area contributed by atoms with Gasteiger partial charge in [0.2, 0.25) is 5.91 Å². The fourth-order valence-electron chi connectivity index (χ4n) is 1.34. The van der Waals surface area contributed by atoms with Crippen LogP contribution in [0.25, 0.3) is 0 Å². The second kappa shape index (κ2) is 8.80. The van der Waals surface area contributed by atoms with Crippen molar-refractivity contribution in [3.63, 3.8) is 0 Å². The third kappa shape index (κ3) is 7.17. The van der Waals surface area contributed by atoms with E-state index in [0.29, 0.717) is 10.8 Å². The summed E-state index contributed by atoms with van der Waals surface area (Å²) in [5.41, 5.74) is 4.32. The van der Waals surface area contributed by atoms with Gasteiger partial charge in [-0.25, -0.2) is 0 Å². The molecule has 7 nitrogen and oxygen atoms in total. The van der Waals surface area contributed by atoms with E-state index >= 15 is 0 Å². The van der Waals surface area contributed by atoms with E-state index in [2.05, 4.69) is 10.9 Å². The van der Waals surface area contributed by atoms with Gasteiger partial charge in [0.05, 0.1) is 5.02 Å². The van der Waals surface area contributed by atoms with Crippen LogP contribution in [-0.2, 0) is 14.4 Å². The summed E-state index contributed by atoms with van der Waals surface area (Å²) >= 11 is 5.84. The van der Waals surface area contributed by atoms with Crippen molar-refractivity contribution in [1.29, 1.82) is 0 Å². The summed E-state index contributed by atoms with van der Waals surface area (Å²) in [6.45, 7) is -0.306. The Kier molecular flexibility index (Phi) is 7.03. The summed E-state index contributed by atoms with van der Waals surface area (Å²) < 4.78 is 5.17. The van der Waals surface area contributed by atoms with Crippen LogP contribution in [0.5, 0.6) is 5.75 Å². The van der Waals surface area contributed by atoms with Gasteiger partial charge in [0.1, 0.15) is 5.75 Å². The minimum absolute atomic E-state index is 0.0119. The summed E-state index contributed by atoms with van der Waals surface area (Å²) in [6, 6.07) is 6.68. The molecule has 0 bridgehead atoms. The third-order valence-corrected chi connectivity index (χ3v) is 2.64. The quantitative estimate of drug-likeness (QED) is 0.654. The van der Waals surface area contributed by atoms with E-state index in [-0.39, 0.29) is 25.9 Å². The first-order valence-corrected chi connectivity index (χ1v) is 6.53. The molecule has 2 amide bonds. The normalized spacial score (nSPS) is 9.76. The van der Waals surface area contributed by atoms with Crippen molar-refractivity contribution in [3.8, 4) is 5.75 Å². The first-order chi connectivity index (χ1) is 9.99. The van der Waals surface area contributed by atoms with E-state index in [4.69, 9.17) is 21.4 Å². The van der Waals surface area contributed by atoms with Gasteiger partial charge in [-0.2, -0.15) is 0 Å². The van der Waals surface area contributed by atoms with Gasteiger partial charge in [-0.1, -0.05) is 23.7 Å². The molecule has 1 aromatic rings. The molecule has 0 aliphatic heterocycles. The van der Waals surface area contributed by atoms with Gasteiger partial charge in [0, 0.05) is 12.8 Å². The molecule has 3 N–H and O–H groups in total. The average Bonchev–Trinajstić information content (AvgIpc) is 2.44. The number of para-hydroxylation sites is 1. The van der Waals surface area contributed by atoms with E-state index in [1.807, 2.05) is 0 Å². The molecule has 0 saturated carbocycles. The molecule has 0 aliphatic carbocycles. The van der Waals surface area contributed by atoms with Gasteiger partial charge in [-0.3, -0.25) is 25.2 Å². The standard InChI is InChI=1S/C13H15ClN2O5/c14-9-4-1-2-5-10(9)21-8-12(18)16-15-11(17)6-3-7-13(19)20/h1-2,4-5H,3,6-8H2,(H,15,17)(H,16,18)(H,19,20). The van der Waals surface area contributed by atoms with Crippen LogP contribution >= 0.6 is 11.6 Å². The Morgan fingerprint density at radius 3 is 2.43 bits per heavy atom. The minimum atomic E-state index is -0.972. The van der Waals surface area contributed by atoms with Gasteiger partial charge in [-0.15, -0.1) is 0 Å². The van der Waals surface area contributed by atoms with Crippen molar-refractivity contribution in [2.45, 2.75) is 19.3 Å². The largest absolute Gasteiger partial charge is 0.482 e. The Balaban J connectivity index is 2.21. The van der Waals surface area contributed by atoms with Crippen molar-refractivity contribution in [2.24, 2.45) is 0 Å². The molecule has 0 atom stereocenters. The van der Waals surface area contributed by atoms with Crippen LogP contribution in [0.15, 0.2) is 24.3 Å². The van der Waals surface area contributed by atoms with Crippen LogP contribution < -0.4 is 15.6 Å². The smallest absolute Gasteiger partial charge is 0.303 e. The lowest BCUT2D eigenvalue weighted by atomic mass is 10.2. The Bertz CT molecular complexity index is 521. The molecule has 0 spiro atoms. The van der Waals surface area contributed by atoms with Crippen molar-refractivity contribution < 1.29 is 24.2 Å². The maximum atomic E-state index is 11.4. The number of amides is 2. The van der Waals surface area contributed by atoms with Crippen LogP contribution in [-0.4, -0.2) is 29.5 Å². The minimum Gasteiger partial charge on any atom is -0.482 e. The molecule has 0 aliphatic rings. The molecule has 1 rings (SSSR count). The summed E-state index contributed by atoms with van der Waals surface area (Å²) in [5.74, 6) is -1.63. The number of ether oxygens (including phenoxy) is 1. The molecule has 0 saturated heterocycles. The van der Waals surface area contributed by atoms with E-state index in [0.717, 1.165) is 0 Å². The number of aliphatic carboxylic acids is 1. The Morgan fingerprint density at radius 1 is 1.10 bits per heavy atom. The van der Waals surface area contributed by atoms with Crippen LogP contribution in [0.1, 0.15) is 19.3 Å². The average molecular weight is 315 g/mol. The van der Waals surface area contributed by atoms with Crippen LogP contribution in [0, 0.1) is 0 Å². The molecule has 0 radical (unpaired) electrons. The number of halogens is 1. The van der Waals surface area contributed by atoms with Crippen molar-refractivity contribution >= 4 is 29.4 Å². The third-order valence-electron chi connectivity index (χ3n) is 2.33. The Morgan fingerprint density at radius 2 is 1.76 bits per heavy atom. The monoisotopic (exact) mass is 314 g/mol. The predicted octanol–water partition coefficient (Wildman–Crippen LogP) is 1.12. The summed E-state index contributed by atoms with van der Waals surface area (Å²) in [6.07, 6.45) is 0.113. The number of hydrogen-bond donors (Lipinski definition) is 3. The van der Waals surface area contributed by atoms with E-state index in [9.17, 15) is 14.4 Å². The number of carboxylic acids is 1. The van der Waals surface area contributed by atoms with Crippen molar-refractivity contribution in [2.75, 3.05) is 6.61 Å². The molecule has 1 aromatic carbocycles. The fourth-order valence-corrected chi connectivity index (χ4v) is 1.53. The van der Waals surface area contributed by atoms with E-state index in [1.54, 1.807) is 24.3 Å².